The largest absolute Gasteiger partial charge is 0.389 e. The summed E-state index contributed by atoms with van der Waals surface area (Å²) in [5.41, 5.74) is -0.363. The van der Waals surface area contributed by atoms with Crippen molar-refractivity contribution in [2.45, 2.75) is 56.6 Å². The van der Waals surface area contributed by atoms with Gasteiger partial charge in [0.25, 0.3) is 0 Å². The fourth-order valence-corrected chi connectivity index (χ4v) is 2.86. The summed E-state index contributed by atoms with van der Waals surface area (Å²) in [6, 6.07) is 0.761. The Labute approximate surface area is 99.2 Å². The van der Waals surface area contributed by atoms with Gasteiger partial charge in [0.05, 0.1) is 5.60 Å². The van der Waals surface area contributed by atoms with Gasteiger partial charge in [-0.3, -0.25) is 0 Å². The van der Waals surface area contributed by atoms with Gasteiger partial charge in [-0.05, 0) is 58.7 Å². The van der Waals surface area contributed by atoms with Crippen LogP contribution in [-0.2, 0) is 0 Å². The zero-order chi connectivity index (χ0) is 11.4. The molecule has 0 radical (unpaired) electrons. The normalized spacial score (nSPS) is 30.0. The van der Waals surface area contributed by atoms with Gasteiger partial charge in [-0.25, -0.2) is 0 Å². The molecule has 0 spiro atoms. The van der Waals surface area contributed by atoms with E-state index in [1.54, 1.807) is 0 Å². The predicted octanol–water partition coefficient (Wildman–Crippen LogP) is 1.37. The highest BCUT2D eigenvalue weighted by atomic mass is 16.3. The SMILES string of the molecule is CN1CCCCC1CCNCC1(O)CCC1. The molecule has 2 rings (SSSR count). The van der Waals surface area contributed by atoms with Crippen molar-refractivity contribution in [3.63, 3.8) is 0 Å². The number of likely N-dealkylation sites (tertiary alicyclic amines) is 1. The van der Waals surface area contributed by atoms with Crippen molar-refractivity contribution in [1.29, 1.82) is 0 Å². The third-order valence-electron chi connectivity index (χ3n) is 4.31. The third kappa shape index (κ3) is 3.19. The van der Waals surface area contributed by atoms with E-state index in [1.165, 1.54) is 38.6 Å². The Hall–Kier alpha value is -0.120. The lowest BCUT2D eigenvalue weighted by molar-refractivity contribution is -0.0314. The van der Waals surface area contributed by atoms with Crippen molar-refractivity contribution in [3.8, 4) is 0 Å². The summed E-state index contributed by atoms with van der Waals surface area (Å²) in [6.07, 6.45) is 8.50. The van der Waals surface area contributed by atoms with Crippen molar-refractivity contribution in [2.24, 2.45) is 0 Å². The van der Waals surface area contributed by atoms with Crippen LogP contribution in [0.25, 0.3) is 0 Å². The molecule has 1 aliphatic carbocycles. The van der Waals surface area contributed by atoms with Gasteiger partial charge in [-0.1, -0.05) is 6.42 Å². The first-order chi connectivity index (χ1) is 7.70. The molecule has 2 N–H and O–H groups in total. The van der Waals surface area contributed by atoms with Crippen molar-refractivity contribution >= 4 is 0 Å². The van der Waals surface area contributed by atoms with Gasteiger partial charge in [0.1, 0.15) is 0 Å². The van der Waals surface area contributed by atoms with Crippen molar-refractivity contribution < 1.29 is 5.11 Å². The second-order valence-corrected chi connectivity index (χ2v) is 5.67. The van der Waals surface area contributed by atoms with E-state index < -0.39 is 0 Å². The fraction of sp³-hybridized carbons (Fsp3) is 1.00. The number of hydrogen-bond acceptors (Lipinski definition) is 3. The van der Waals surface area contributed by atoms with Crippen molar-refractivity contribution in [1.82, 2.24) is 10.2 Å². The first-order valence-corrected chi connectivity index (χ1v) is 6.83. The van der Waals surface area contributed by atoms with Crippen LogP contribution < -0.4 is 5.32 Å². The molecular formula is C13H26N2O. The number of hydrogen-bond donors (Lipinski definition) is 2. The van der Waals surface area contributed by atoms with E-state index in [0.717, 1.165) is 32.0 Å². The molecule has 1 saturated carbocycles. The van der Waals surface area contributed by atoms with Crippen LogP contribution in [0, 0.1) is 0 Å². The van der Waals surface area contributed by atoms with E-state index in [0.29, 0.717) is 0 Å². The van der Waals surface area contributed by atoms with Crippen molar-refractivity contribution in [2.75, 3.05) is 26.7 Å². The van der Waals surface area contributed by atoms with Crippen molar-refractivity contribution in [3.05, 3.63) is 0 Å². The smallest absolute Gasteiger partial charge is 0.0771 e. The van der Waals surface area contributed by atoms with E-state index in [-0.39, 0.29) is 5.60 Å². The third-order valence-corrected chi connectivity index (χ3v) is 4.31. The molecule has 2 aliphatic rings. The Kier molecular flexibility index (Phi) is 4.22. The number of rotatable bonds is 5. The molecule has 3 heteroatoms. The summed E-state index contributed by atoms with van der Waals surface area (Å²) in [5, 5.41) is 13.3. The molecule has 16 heavy (non-hydrogen) atoms. The fourth-order valence-electron chi connectivity index (χ4n) is 2.86. The van der Waals surface area contributed by atoms with E-state index >= 15 is 0 Å². The van der Waals surface area contributed by atoms with E-state index in [1.807, 2.05) is 0 Å². The van der Waals surface area contributed by atoms with E-state index in [2.05, 4.69) is 17.3 Å². The summed E-state index contributed by atoms with van der Waals surface area (Å²) in [4.78, 5) is 2.49. The maximum absolute atomic E-state index is 9.93. The first-order valence-electron chi connectivity index (χ1n) is 6.83. The molecule has 1 saturated heterocycles. The Morgan fingerprint density at radius 1 is 1.31 bits per heavy atom. The van der Waals surface area contributed by atoms with Crippen LogP contribution in [-0.4, -0.2) is 48.3 Å². The van der Waals surface area contributed by atoms with Gasteiger partial charge >= 0.3 is 0 Å². The molecule has 1 aliphatic heterocycles. The highest BCUT2D eigenvalue weighted by Crippen LogP contribution is 2.30. The Morgan fingerprint density at radius 3 is 2.75 bits per heavy atom. The quantitative estimate of drug-likeness (QED) is 0.695. The lowest BCUT2D eigenvalue weighted by Crippen LogP contribution is -2.47. The van der Waals surface area contributed by atoms with E-state index in [4.69, 9.17) is 0 Å². The maximum atomic E-state index is 9.93. The zero-order valence-corrected chi connectivity index (χ0v) is 10.5. The summed E-state index contributed by atoms with van der Waals surface area (Å²) in [5.74, 6) is 0. The lowest BCUT2D eigenvalue weighted by atomic mass is 9.80. The van der Waals surface area contributed by atoms with Crippen LogP contribution in [0.5, 0.6) is 0 Å². The van der Waals surface area contributed by atoms with E-state index in [9.17, 15) is 5.11 Å². The lowest BCUT2D eigenvalue weighted by Gasteiger charge is -2.37. The second kappa shape index (κ2) is 5.48. The maximum Gasteiger partial charge on any atom is 0.0771 e. The molecule has 1 unspecified atom stereocenters. The minimum Gasteiger partial charge on any atom is -0.389 e. The van der Waals surface area contributed by atoms with Gasteiger partial charge in [0.15, 0.2) is 0 Å². The summed E-state index contributed by atoms with van der Waals surface area (Å²) >= 11 is 0. The van der Waals surface area contributed by atoms with Crippen LogP contribution in [0.4, 0.5) is 0 Å². The molecule has 0 aromatic carbocycles. The molecule has 3 nitrogen and oxygen atoms in total. The molecular weight excluding hydrogens is 200 g/mol. The number of nitrogens with zero attached hydrogens (tertiary/aromatic N) is 1. The Morgan fingerprint density at radius 2 is 2.12 bits per heavy atom. The average molecular weight is 226 g/mol. The molecule has 0 bridgehead atoms. The summed E-state index contributed by atoms with van der Waals surface area (Å²) in [6.45, 7) is 3.11. The molecule has 0 aromatic heterocycles. The average Bonchev–Trinajstić information content (AvgIpc) is 2.24. The summed E-state index contributed by atoms with van der Waals surface area (Å²) < 4.78 is 0. The van der Waals surface area contributed by atoms with Crippen LogP contribution in [0.15, 0.2) is 0 Å². The predicted molar refractivity (Wildman–Crippen MR) is 66.6 cm³/mol. The van der Waals surface area contributed by atoms with Crippen LogP contribution in [0.3, 0.4) is 0 Å². The Bertz CT molecular complexity index is 216. The molecule has 0 amide bonds. The monoisotopic (exact) mass is 226 g/mol. The number of aliphatic hydroxyl groups is 1. The van der Waals surface area contributed by atoms with Gasteiger partial charge in [0.2, 0.25) is 0 Å². The standard InChI is InChI=1S/C13H26N2O/c1-15-10-3-2-5-12(15)6-9-14-11-13(16)7-4-8-13/h12,14,16H,2-11H2,1H3. The highest BCUT2D eigenvalue weighted by Gasteiger charge is 2.33. The van der Waals surface area contributed by atoms with Gasteiger partial charge in [-0.2, -0.15) is 0 Å². The molecule has 2 fully saturated rings. The molecule has 1 atom stereocenters. The second-order valence-electron chi connectivity index (χ2n) is 5.67. The number of nitrogens with one attached hydrogen (secondary N) is 1. The molecule has 1 heterocycles. The summed E-state index contributed by atoms with van der Waals surface area (Å²) in [7, 11) is 2.24. The minimum absolute atomic E-state index is 0.363. The topological polar surface area (TPSA) is 35.5 Å². The van der Waals surface area contributed by atoms with Crippen LogP contribution in [0.2, 0.25) is 0 Å². The van der Waals surface area contributed by atoms with Gasteiger partial charge in [0, 0.05) is 12.6 Å². The van der Waals surface area contributed by atoms with Gasteiger partial charge < -0.3 is 15.3 Å². The molecule has 94 valence electrons. The van der Waals surface area contributed by atoms with Gasteiger partial charge in [-0.15, -0.1) is 0 Å². The first kappa shape index (κ1) is 12.3. The zero-order valence-electron chi connectivity index (χ0n) is 10.5. The highest BCUT2D eigenvalue weighted by molar-refractivity contribution is 4.89. The van der Waals surface area contributed by atoms with Crippen LogP contribution >= 0.6 is 0 Å². The minimum atomic E-state index is -0.363. The number of piperidine rings is 1. The Balaban J connectivity index is 1.56. The molecule has 0 aromatic rings. The van der Waals surface area contributed by atoms with Crippen LogP contribution in [0.1, 0.15) is 44.9 Å².